The van der Waals surface area contributed by atoms with E-state index in [2.05, 4.69) is 14.8 Å². The van der Waals surface area contributed by atoms with E-state index in [0.29, 0.717) is 35.8 Å². The second-order valence-electron chi connectivity index (χ2n) is 6.54. The van der Waals surface area contributed by atoms with Gasteiger partial charge in [-0.2, -0.15) is 0 Å². The lowest BCUT2D eigenvalue weighted by atomic mass is 10.2. The van der Waals surface area contributed by atoms with Gasteiger partial charge < -0.3 is 18.8 Å². The summed E-state index contributed by atoms with van der Waals surface area (Å²) in [5, 5.41) is 9.53. The highest BCUT2D eigenvalue weighted by Gasteiger charge is 2.16. The molecule has 0 saturated heterocycles. The monoisotopic (exact) mass is 488 g/mol. The minimum Gasteiger partial charge on any atom is -0.444 e. The van der Waals surface area contributed by atoms with E-state index in [1.54, 1.807) is 12.1 Å². The molecule has 4 rings (SSSR count). The number of halogens is 3. The molecule has 10 heteroatoms. The number of benzene rings is 2. The topological polar surface area (TPSA) is 93.7 Å². The number of hydrogen-bond acceptors (Lipinski definition) is 6. The molecule has 1 N–H and O–H groups in total. The lowest BCUT2D eigenvalue weighted by Gasteiger charge is -1.96. The number of carbonyl (C=O) groups excluding carboxylic acids is 1. The Labute approximate surface area is 202 Å². The fourth-order valence-electron chi connectivity index (χ4n) is 2.50. The molecular weight excluding hydrogens is 463 g/mol. The molecule has 0 saturated carbocycles. The molecule has 184 valence electrons. The molecule has 0 aliphatic rings. The molecule has 2 aromatic carbocycles. The van der Waals surface area contributed by atoms with Gasteiger partial charge in [0.05, 0.1) is 7.18 Å². The van der Waals surface area contributed by atoms with E-state index in [1.807, 2.05) is 0 Å². The van der Waals surface area contributed by atoms with Crippen LogP contribution in [0, 0.1) is 18.2 Å². The van der Waals surface area contributed by atoms with Crippen molar-refractivity contribution >= 4 is 5.78 Å². The van der Waals surface area contributed by atoms with Crippen LogP contribution in [0.3, 0.4) is 0 Å². The molecule has 7 nitrogen and oxygen atoms in total. The average molecular weight is 488 g/mol. The molecule has 0 bridgehead atoms. The first-order valence-electron chi connectivity index (χ1n) is 10.7. The maximum absolute atomic E-state index is 12.7. The van der Waals surface area contributed by atoms with Crippen molar-refractivity contribution in [2.75, 3.05) is 13.7 Å². The maximum Gasteiger partial charge on any atom is 0.246 e. The minimum atomic E-state index is -0.953. The molecule has 0 aliphatic heterocycles. The number of rotatable bonds is 5. The Morgan fingerprint density at radius 3 is 1.89 bits per heavy atom. The van der Waals surface area contributed by atoms with E-state index in [9.17, 15) is 23.1 Å². The van der Waals surface area contributed by atoms with Gasteiger partial charge in [0.2, 0.25) is 18.3 Å². The predicted molar refractivity (Wildman–Crippen MR) is 124 cm³/mol. The summed E-state index contributed by atoms with van der Waals surface area (Å²) in [6, 6.07) is 11.4. The highest BCUT2D eigenvalue weighted by atomic mass is 19.1. The van der Waals surface area contributed by atoms with Gasteiger partial charge in [-0.3, -0.25) is 9.18 Å². The van der Waals surface area contributed by atoms with Crippen molar-refractivity contribution in [1.29, 1.82) is 0 Å². The molecule has 2 heterocycles. The molecule has 2 aromatic heterocycles. The van der Waals surface area contributed by atoms with Gasteiger partial charge in [-0.15, -0.1) is 0 Å². The number of aromatic nitrogens is 2. The first kappa shape index (κ1) is 27.0. The van der Waals surface area contributed by atoms with Crippen LogP contribution in [0.2, 0.25) is 0 Å². The second kappa shape index (κ2) is 14.1. The van der Waals surface area contributed by atoms with Gasteiger partial charge in [0, 0.05) is 19.4 Å². The van der Waals surface area contributed by atoms with Crippen LogP contribution in [0.25, 0.3) is 27.8 Å². The van der Waals surface area contributed by atoms with Gasteiger partial charge in [-0.25, -0.2) is 25.3 Å². The smallest absolute Gasteiger partial charge is 0.246 e. The number of aliphatic hydroxyl groups excluding tert-OH is 1. The quantitative estimate of drug-likeness (QED) is 0.260. The molecule has 0 fully saturated rings. The summed E-state index contributed by atoms with van der Waals surface area (Å²) in [6.07, 6.45) is 1.64. The van der Waals surface area contributed by atoms with Gasteiger partial charge in [0.15, 0.2) is 11.9 Å². The number of alkyl halides is 1. The number of aliphatic hydroxyl groups is 1. The van der Waals surface area contributed by atoms with Crippen molar-refractivity contribution in [2.24, 2.45) is 0 Å². The molecule has 0 spiro atoms. The Morgan fingerprint density at radius 1 is 1.00 bits per heavy atom. The van der Waals surface area contributed by atoms with Crippen LogP contribution >= 0.6 is 0 Å². The summed E-state index contributed by atoms with van der Waals surface area (Å²) in [4.78, 5) is 22.1. The highest BCUT2D eigenvalue weighted by molar-refractivity contribution is 5.92. The Bertz CT molecular complexity index is 1240. The van der Waals surface area contributed by atoms with E-state index in [-0.39, 0.29) is 29.7 Å². The van der Waals surface area contributed by atoms with Gasteiger partial charge in [0.25, 0.3) is 0 Å². The predicted octanol–water partition coefficient (Wildman–Crippen LogP) is 6.34. The Morgan fingerprint density at radius 2 is 1.46 bits per heavy atom. The van der Waals surface area contributed by atoms with Crippen molar-refractivity contribution in [3.63, 3.8) is 0 Å². The van der Waals surface area contributed by atoms with E-state index in [4.69, 9.17) is 16.8 Å². The lowest BCUT2D eigenvalue weighted by molar-refractivity contribution is 0.101. The third kappa shape index (κ3) is 8.24. The lowest BCUT2D eigenvalue weighted by Crippen LogP contribution is -2.00. The SMILES string of the molecule is CC(=O)c1coc(-c2ccc(F)cc2)n1.CF.[2H]C.[C-]#[N+]CC(O)c1coc(-c2ccc(F)cc2)n1. The molecule has 1 atom stereocenters. The normalized spacial score (nSPS) is 10.6. The van der Waals surface area contributed by atoms with E-state index >= 15 is 0 Å². The summed E-state index contributed by atoms with van der Waals surface area (Å²) < 4.78 is 50.9. The van der Waals surface area contributed by atoms with Gasteiger partial charge in [-0.1, -0.05) is 7.40 Å². The number of ketones is 1. The average Bonchev–Trinajstić information content (AvgIpc) is 3.59. The summed E-state index contributed by atoms with van der Waals surface area (Å²) in [7, 11) is 1.75. The van der Waals surface area contributed by atoms with Crippen molar-refractivity contribution in [3.8, 4) is 22.9 Å². The van der Waals surface area contributed by atoms with Crippen molar-refractivity contribution in [2.45, 2.75) is 20.4 Å². The Kier molecular flexibility index (Phi) is 10.9. The molecule has 35 heavy (non-hydrogen) atoms. The third-order valence-electron chi connectivity index (χ3n) is 4.17. The molecule has 0 amide bonds. The minimum absolute atomic E-state index is 0.0601. The van der Waals surface area contributed by atoms with Gasteiger partial charge >= 0.3 is 0 Å². The van der Waals surface area contributed by atoms with Crippen LogP contribution in [0.5, 0.6) is 0 Å². The van der Waals surface area contributed by atoms with Crippen LogP contribution in [-0.2, 0) is 0 Å². The van der Waals surface area contributed by atoms with Crippen molar-refractivity contribution in [3.05, 3.63) is 95.5 Å². The number of carbonyl (C=O) groups is 1. The van der Waals surface area contributed by atoms with E-state index in [0.717, 1.165) is 0 Å². The summed E-state index contributed by atoms with van der Waals surface area (Å²) in [5.41, 5.74) is 1.84. The first-order chi connectivity index (χ1) is 17.4. The van der Waals surface area contributed by atoms with Crippen LogP contribution < -0.4 is 0 Å². The maximum atomic E-state index is 12.7. The van der Waals surface area contributed by atoms with Gasteiger partial charge in [-0.05, 0) is 48.5 Å². The van der Waals surface area contributed by atoms with E-state index in [1.165, 1.54) is 63.3 Å². The number of oxazole rings is 2. The molecule has 0 radical (unpaired) electrons. The zero-order chi connectivity index (χ0) is 27.1. The number of hydrogen-bond donors (Lipinski definition) is 1. The summed E-state index contributed by atoms with van der Waals surface area (Å²) >= 11 is 0. The second-order valence-corrected chi connectivity index (χ2v) is 6.54. The van der Waals surface area contributed by atoms with Crippen molar-refractivity contribution < 1.29 is 33.3 Å². The zero-order valence-electron chi connectivity index (χ0n) is 20.2. The standard InChI is InChI=1S/C12H9FN2O2.C11H8FNO2.CH3F.CH4/c1-14-6-11(16)10-7-17-12(15-10)8-2-4-9(13)5-3-8;1-7(14)10-6-15-11(13-10)8-2-4-9(12)5-3-8;1-2;/h2-5,7,11,16H,6H2;2-6H,1H3;1H3;1H4/i;;;1D. The van der Waals surface area contributed by atoms with Crippen molar-refractivity contribution in [1.82, 2.24) is 9.97 Å². The zero-order valence-corrected chi connectivity index (χ0v) is 19.2. The highest BCUT2D eigenvalue weighted by Crippen LogP contribution is 2.22. The fraction of sp³-hybridized carbons (Fsp3) is 0.200. The first-order valence-corrected chi connectivity index (χ1v) is 9.70. The largest absolute Gasteiger partial charge is 0.444 e. The molecule has 0 aliphatic carbocycles. The number of Topliss-reactive ketones (excluding diaryl/α,β-unsaturated/α-hetero) is 1. The van der Waals surface area contributed by atoms with Crippen LogP contribution in [0.15, 0.2) is 69.9 Å². The van der Waals surface area contributed by atoms with Crippen LogP contribution in [-0.4, -0.2) is 34.6 Å². The molecule has 4 aromatic rings. The molecular formula is C25H24F3N3O4. The van der Waals surface area contributed by atoms with E-state index < -0.39 is 6.10 Å². The third-order valence-corrected chi connectivity index (χ3v) is 4.17. The Balaban J connectivity index is 0.000000318. The summed E-state index contributed by atoms with van der Waals surface area (Å²) in [5.74, 6) is -0.206. The summed E-state index contributed by atoms with van der Waals surface area (Å²) in [6.45, 7) is 7.99. The number of nitrogens with zero attached hydrogens (tertiary/aromatic N) is 3. The fourth-order valence-corrected chi connectivity index (χ4v) is 2.50. The van der Waals surface area contributed by atoms with Gasteiger partial charge in [0.1, 0.15) is 35.5 Å². The van der Waals surface area contributed by atoms with Crippen LogP contribution in [0.1, 0.15) is 38.0 Å². The molecule has 1 unspecified atom stereocenters. The van der Waals surface area contributed by atoms with Crippen LogP contribution in [0.4, 0.5) is 13.2 Å². The Hall–Kier alpha value is -4.23.